The maximum Gasteiger partial charge on any atom is 0.253 e. The Labute approximate surface area is 176 Å². The van der Waals surface area contributed by atoms with Crippen LogP contribution in [0.15, 0.2) is 48.5 Å². The van der Waals surface area contributed by atoms with Crippen molar-refractivity contribution in [1.29, 1.82) is 0 Å². The summed E-state index contributed by atoms with van der Waals surface area (Å²) in [5, 5.41) is 0.686. The van der Waals surface area contributed by atoms with Crippen molar-refractivity contribution in [3.63, 3.8) is 0 Å². The molecule has 1 saturated heterocycles. The van der Waals surface area contributed by atoms with E-state index < -0.39 is 0 Å². The van der Waals surface area contributed by atoms with Crippen LogP contribution in [0.1, 0.15) is 40.9 Å². The molecule has 2 aromatic rings. The number of hydrogen-bond donors (Lipinski definition) is 2. The lowest BCUT2D eigenvalue weighted by Gasteiger charge is -2.24. The molecule has 7 heteroatoms. The third-order valence-electron chi connectivity index (χ3n) is 5.13. The molecule has 0 saturated carbocycles. The van der Waals surface area contributed by atoms with Gasteiger partial charge in [-0.1, -0.05) is 35.9 Å². The predicted octanol–water partition coefficient (Wildman–Crippen LogP) is 3.00. The van der Waals surface area contributed by atoms with Gasteiger partial charge in [-0.2, -0.15) is 0 Å². The molecule has 1 aliphatic heterocycles. The van der Waals surface area contributed by atoms with Crippen molar-refractivity contribution in [2.75, 3.05) is 20.6 Å². The third-order valence-corrected chi connectivity index (χ3v) is 5.36. The molecule has 2 atom stereocenters. The number of rotatable bonds is 6. The first-order valence-corrected chi connectivity index (χ1v) is 10.1. The van der Waals surface area contributed by atoms with E-state index in [1.54, 1.807) is 31.1 Å². The van der Waals surface area contributed by atoms with Gasteiger partial charge in [-0.25, -0.2) is 10.9 Å². The second kappa shape index (κ2) is 9.39. The van der Waals surface area contributed by atoms with Crippen LogP contribution in [0.2, 0.25) is 5.02 Å². The predicted molar refractivity (Wildman–Crippen MR) is 114 cm³/mol. The number of benzene rings is 2. The van der Waals surface area contributed by atoms with Gasteiger partial charge in [0, 0.05) is 43.8 Å². The summed E-state index contributed by atoms with van der Waals surface area (Å²) in [5.74, 6) is 0.0197. The van der Waals surface area contributed by atoms with Gasteiger partial charge in [-0.05, 0) is 48.7 Å². The highest BCUT2D eigenvalue weighted by atomic mass is 35.5. The fraction of sp³-hybridized carbons (Fsp3) is 0.364. The quantitative estimate of drug-likeness (QED) is 0.762. The Bertz CT molecular complexity index is 869. The highest BCUT2D eigenvalue weighted by Gasteiger charge is 2.32. The van der Waals surface area contributed by atoms with Crippen molar-refractivity contribution < 1.29 is 9.59 Å². The SMILES string of the molecule is CCN(Cc1ccc(C(=O)N(C)C)cc1)C(=O)C1CC(c2cccc(Cl)c2)NN1. The average molecular weight is 415 g/mol. The Hall–Kier alpha value is -2.41. The highest BCUT2D eigenvalue weighted by Crippen LogP contribution is 2.25. The lowest BCUT2D eigenvalue weighted by Crippen LogP contribution is -2.45. The first-order chi connectivity index (χ1) is 13.9. The minimum absolute atomic E-state index is 0.0340. The molecule has 6 nitrogen and oxygen atoms in total. The average Bonchev–Trinajstić information content (AvgIpc) is 3.21. The summed E-state index contributed by atoms with van der Waals surface area (Å²) in [5.41, 5.74) is 9.02. The summed E-state index contributed by atoms with van der Waals surface area (Å²) in [7, 11) is 3.46. The Morgan fingerprint density at radius 2 is 1.83 bits per heavy atom. The zero-order valence-electron chi connectivity index (χ0n) is 17.0. The lowest BCUT2D eigenvalue weighted by atomic mass is 10.0. The number of amides is 2. The van der Waals surface area contributed by atoms with Crippen LogP contribution < -0.4 is 10.9 Å². The van der Waals surface area contributed by atoms with Crippen LogP contribution >= 0.6 is 11.6 Å². The summed E-state index contributed by atoms with van der Waals surface area (Å²) < 4.78 is 0. The van der Waals surface area contributed by atoms with Crippen LogP contribution in [0.3, 0.4) is 0 Å². The molecule has 2 amide bonds. The van der Waals surface area contributed by atoms with E-state index in [2.05, 4.69) is 10.9 Å². The van der Waals surface area contributed by atoms with Gasteiger partial charge in [0.15, 0.2) is 0 Å². The number of likely N-dealkylation sites (N-methyl/N-ethyl adjacent to an activating group) is 1. The molecule has 2 unspecified atom stereocenters. The molecule has 0 aromatic heterocycles. The highest BCUT2D eigenvalue weighted by molar-refractivity contribution is 6.30. The number of carbonyl (C=O) groups is 2. The molecule has 0 spiro atoms. The normalized spacial score (nSPS) is 18.5. The molecule has 1 aliphatic rings. The molecule has 2 N–H and O–H groups in total. The van der Waals surface area contributed by atoms with Crippen molar-refractivity contribution in [2.24, 2.45) is 0 Å². The van der Waals surface area contributed by atoms with E-state index in [1.165, 1.54) is 0 Å². The Kier molecular flexibility index (Phi) is 6.90. The minimum atomic E-state index is -0.298. The molecule has 0 radical (unpaired) electrons. The molecular weight excluding hydrogens is 388 g/mol. The van der Waals surface area contributed by atoms with Crippen LogP contribution in [0.25, 0.3) is 0 Å². The monoisotopic (exact) mass is 414 g/mol. The largest absolute Gasteiger partial charge is 0.345 e. The number of halogens is 1. The van der Waals surface area contributed by atoms with E-state index in [0.717, 1.165) is 11.1 Å². The molecule has 0 bridgehead atoms. The van der Waals surface area contributed by atoms with Gasteiger partial charge in [-0.15, -0.1) is 0 Å². The summed E-state index contributed by atoms with van der Waals surface area (Å²) in [4.78, 5) is 28.4. The van der Waals surface area contributed by atoms with E-state index in [0.29, 0.717) is 30.1 Å². The maximum absolute atomic E-state index is 13.0. The topological polar surface area (TPSA) is 64.7 Å². The Morgan fingerprint density at radius 1 is 1.10 bits per heavy atom. The second-order valence-corrected chi connectivity index (χ2v) is 7.87. The second-order valence-electron chi connectivity index (χ2n) is 7.43. The fourth-order valence-electron chi connectivity index (χ4n) is 3.46. The molecule has 0 aliphatic carbocycles. The summed E-state index contributed by atoms with van der Waals surface area (Å²) in [6.45, 7) is 3.08. The van der Waals surface area contributed by atoms with E-state index in [4.69, 9.17) is 11.6 Å². The Morgan fingerprint density at radius 3 is 2.45 bits per heavy atom. The summed E-state index contributed by atoms with van der Waals surface area (Å²) in [6, 6.07) is 14.8. The number of nitrogens with zero attached hydrogens (tertiary/aromatic N) is 2. The van der Waals surface area contributed by atoms with Crippen molar-refractivity contribution in [2.45, 2.75) is 32.0 Å². The van der Waals surface area contributed by atoms with Gasteiger partial charge in [0.05, 0.1) is 0 Å². The van der Waals surface area contributed by atoms with Crippen LogP contribution in [0, 0.1) is 0 Å². The van der Waals surface area contributed by atoms with Gasteiger partial charge in [0.2, 0.25) is 5.91 Å². The maximum atomic E-state index is 13.0. The molecule has 1 fully saturated rings. The van der Waals surface area contributed by atoms with Gasteiger partial charge < -0.3 is 9.80 Å². The van der Waals surface area contributed by atoms with Gasteiger partial charge >= 0.3 is 0 Å². The number of nitrogens with one attached hydrogen (secondary N) is 2. The van der Waals surface area contributed by atoms with Crippen molar-refractivity contribution in [3.8, 4) is 0 Å². The van der Waals surface area contributed by atoms with E-state index in [9.17, 15) is 9.59 Å². The summed E-state index contributed by atoms with van der Waals surface area (Å²) >= 11 is 6.09. The molecular formula is C22H27ClN4O2. The number of hydrazine groups is 1. The number of carbonyl (C=O) groups excluding carboxylic acids is 2. The van der Waals surface area contributed by atoms with Crippen molar-refractivity contribution in [3.05, 3.63) is 70.2 Å². The first kappa shape index (κ1) is 21.3. The van der Waals surface area contributed by atoms with Crippen molar-refractivity contribution in [1.82, 2.24) is 20.7 Å². The van der Waals surface area contributed by atoms with Crippen LogP contribution in [-0.4, -0.2) is 48.3 Å². The molecule has 154 valence electrons. The zero-order valence-corrected chi connectivity index (χ0v) is 17.7. The standard InChI is InChI=1S/C22H27ClN4O2/c1-4-27(14-15-8-10-16(11-9-15)21(28)26(2)3)22(29)20-13-19(24-25-20)17-6-5-7-18(23)12-17/h5-12,19-20,24-25H,4,13-14H2,1-3H3. The zero-order chi connectivity index (χ0) is 21.0. The number of hydrogen-bond acceptors (Lipinski definition) is 4. The molecule has 1 heterocycles. The smallest absolute Gasteiger partial charge is 0.253 e. The molecule has 29 heavy (non-hydrogen) atoms. The van der Waals surface area contributed by atoms with E-state index >= 15 is 0 Å². The molecule has 3 rings (SSSR count). The van der Waals surface area contributed by atoms with Crippen LogP contribution in [-0.2, 0) is 11.3 Å². The minimum Gasteiger partial charge on any atom is -0.345 e. The van der Waals surface area contributed by atoms with E-state index in [-0.39, 0.29) is 23.9 Å². The fourth-order valence-corrected chi connectivity index (χ4v) is 3.66. The van der Waals surface area contributed by atoms with Crippen LogP contribution in [0.4, 0.5) is 0 Å². The van der Waals surface area contributed by atoms with Crippen molar-refractivity contribution >= 4 is 23.4 Å². The van der Waals surface area contributed by atoms with Crippen LogP contribution in [0.5, 0.6) is 0 Å². The Balaban J connectivity index is 1.63. The van der Waals surface area contributed by atoms with Gasteiger partial charge in [0.25, 0.3) is 5.91 Å². The van der Waals surface area contributed by atoms with Gasteiger partial charge in [-0.3, -0.25) is 9.59 Å². The van der Waals surface area contributed by atoms with E-state index in [1.807, 2.05) is 48.2 Å². The first-order valence-electron chi connectivity index (χ1n) is 9.75. The molecule has 2 aromatic carbocycles. The summed E-state index contributed by atoms with van der Waals surface area (Å²) in [6.07, 6.45) is 0.659. The van der Waals surface area contributed by atoms with Gasteiger partial charge in [0.1, 0.15) is 6.04 Å². The lowest BCUT2D eigenvalue weighted by molar-refractivity contribution is -0.133. The third kappa shape index (κ3) is 5.15.